The highest BCUT2D eigenvalue weighted by atomic mass is 16.6. The largest absolute Gasteiger partial charge is 0.466 e. The molecule has 0 rings (SSSR count). The van der Waals surface area contributed by atoms with E-state index in [9.17, 15) is 47.9 Å². The molecule has 0 bridgehead atoms. The van der Waals surface area contributed by atoms with Crippen LogP contribution in [0.5, 0.6) is 0 Å². The number of esters is 10. The molecule has 0 aromatic carbocycles. The smallest absolute Gasteiger partial charge is 0.333 e. The van der Waals surface area contributed by atoms with E-state index in [1.165, 1.54) is 64.0 Å². The molecule has 412 valence electrons. The summed E-state index contributed by atoms with van der Waals surface area (Å²) in [6.45, 7) is 49.4. The van der Waals surface area contributed by atoms with Crippen LogP contribution in [-0.4, -0.2) is 142 Å². The van der Waals surface area contributed by atoms with E-state index in [0.29, 0.717) is 55.7 Å². The third-order valence-corrected chi connectivity index (χ3v) is 5.48. The second-order valence-corrected chi connectivity index (χ2v) is 13.1. The van der Waals surface area contributed by atoms with Crippen molar-refractivity contribution in [3.63, 3.8) is 0 Å². The minimum Gasteiger partial charge on any atom is -0.466 e. The standard InChI is InChI=1S/C6H10O3.9C5H8O2/c1-5(2)6(8)9-4-3-7;9*1-4(2)5(6)7-3/h7H,1,3-4H2,2H3;9*1H2,2-3H3. The number of methoxy groups -OCH3 is 9. The van der Waals surface area contributed by atoms with Crippen LogP contribution >= 0.6 is 0 Å². The van der Waals surface area contributed by atoms with E-state index in [2.05, 4.69) is 113 Å². The summed E-state index contributed by atoms with van der Waals surface area (Å²) in [4.78, 5) is 102. The van der Waals surface area contributed by atoms with Gasteiger partial charge in [-0.3, -0.25) is 0 Å². The maximum atomic E-state index is 10.5. The van der Waals surface area contributed by atoms with Crippen LogP contribution in [-0.2, 0) is 95.3 Å². The van der Waals surface area contributed by atoms with Gasteiger partial charge in [0.15, 0.2) is 0 Å². The lowest BCUT2D eigenvalue weighted by Crippen LogP contribution is -2.08. The highest BCUT2D eigenvalue weighted by molar-refractivity contribution is 5.90. The number of aliphatic hydroxyl groups is 1. The SMILES string of the molecule is C=C(C)C(=O)OC.C=C(C)C(=O)OC.C=C(C)C(=O)OC.C=C(C)C(=O)OC.C=C(C)C(=O)OC.C=C(C)C(=O)OC.C=C(C)C(=O)OC.C=C(C)C(=O)OC.C=C(C)C(=O)OC.C=C(C)C(=O)OCCO. The van der Waals surface area contributed by atoms with Crippen LogP contribution in [0.1, 0.15) is 69.2 Å². The summed E-state index contributed by atoms with van der Waals surface area (Å²) in [5.41, 5.74) is 4.25. The van der Waals surface area contributed by atoms with Crippen molar-refractivity contribution in [1.29, 1.82) is 0 Å². The molecule has 0 saturated heterocycles. The molecule has 0 aliphatic heterocycles. The summed E-state index contributed by atoms with van der Waals surface area (Å²) in [5.74, 6) is -3.58. The molecule has 0 fully saturated rings. The minimum atomic E-state index is -0.455. The molecule has 0 spiro atoms. The predicted molar refractivity (Wildman–Crippen MR) is 274 cm³/mol. The quantitative estimate of drug-likeness (QED) is 0.121. The Bertz CT molecular complexity index is 1470. The molecule has 0 radical (unpaired) electrons. The number of carbonyl (C=O) groups excluding carboxylic acids is 10. The first-order valence-corrected chi connectivity index (χ1v) is 19.9. The number of hydrogen-bond acceptors (Lipinski definition) is 21. The first-order valence-electron chi connectivity index (χ1n) is 19.9. The monoisotopic (exact) mass is 1030 g/mol. The average Bonchev–Trinajstić information content (AvgIpc) is 3.34. The van der Waals surface area contributed by atoms with Gasteiger partial charge in [-0.2, -0.15) is 0 Å². The summed E-state index contributed by atoms with van der Waals surface area (Å²) in [6.07, 6.45) is 0. The van der Waals surface area contributed by atoms with Crippen LogP contribution in [0, 0.1) is 0 Å². The van der Waals surface area contributed by atoms with Gasteiger partial charge in [0.2, 0.25) is 0 Å². The van der Waals surface area contributed by atoms with Gasteiger partial charge in [0.05, 0.1) is 70.6 Å². The number of hydrogen-bond donors (Lipinski definition) is 1. The molecular formula is C51H82O21. The van der Waals surface area contributed by atoms with Crippen molar-refractivity contribution in [1.82, 2.24) is 0 Å². The van der Waals surface area contributed by atoms with E-state index in [1.54, 1.807) is 69.2 Å². The van der Waals surface area contributed by atoms with Crippen molar-refractivity contribution < 1.29 is 100 Å². The van der Waals surface area contributed by atoms with Crippen molar-refractivity contribution in [2.45, 2.75) is 69.2 Å². The third-order valence-electron chi connectivity index (χ3n) is 5.48. The second kappa shape index (κ2) is 59.2. The number of ether oxygens (including phenoxy) is 10. The van der Waals surface area contributed by atoms with Crippen LogP contribution in [0.25, 0.3) is 0 Å². The molecular weight excluding hydrogens is 949 g/mol. The third kappa shape index (κ3) is 79.2. The molecule has 0 atom stereocenters. The number of rotatable bonds is 12. The van der Waals surface area contributed by atoms with E-state index >= 15 is 0 Å². The molecule has 21 heteroatoms. The van der Waals surface area contributed by atoms with Crippen LogP contribution in [0.2, 0.25) is 0 Å². The Morgan fingerprint density at radius 2 is 0.347 bits per heavy atom. The summed E-state index contributed by atoms with van der Waals surface area (Å²) >= 11 is 0. The fourth-order valence-electron chi connectivity index (χ4n) is 1.83. The van der Waals surface area contributed by atoms with Crippen molar-refractivity contribution in [2.75, 3.05) is 77.2 Å². The molecule has 1 N–H and O–H groups in total. The van der Waals surface area contributed by atoms with Crippen LogP contribution < -0.4 is 0 Å². The van der Waals surface area contributed by atoms with E-state index in [1.807, 2.05) is 0 Å². The van der Waals surface area contributed by atoms with Gasteiger partial charge in [0, 0.05) is 55.7 Å². The first-order chi connectivity index (χ1) is 32.8. The summed E-state index contributed by atoms with van der Waals surface area (Å²) in [6, 6.07) is 0. The van der Waals surface area contributed by atoms with Gasteiger partial charge in [-0.1, -0.05) is 65.8 Å². The maximum absolute atomic E-state index is 10.5. The van der Waals surface area contributed by atoms with Gasteiger partial charge >= 0.3 is 59.7 Å². The highest BCUT2D eigenvalue weighted by Gasteiger charge is 2.01. The Morgan fingerprint density at radius 1 is 0.250 bits per heavy atom. The number of carbonyl (C=O) groups is 10. The van der Waals surface area contributed by atoms with Crippen molar-refractivity contribution in [2.24, 2.45) is 0 Å². The van der Waals surface area contributed by atoms with Gasteiger partial charge in [-0.15, -0.1) is 0 Å². The fourth-order valence-corrected chi connectivity index (χ4v) is 1.83. The zero-order valence-corrected chi connectivity index (χ0v) is 46.1. The van der Waals surface area contributed by atoms with Crippen molar-refractivity contribution in [3.8, 4) is 0 Å². The van der Waals surface area contributed by atoms with E-state index < -0.39 is 5.97 Å². The lowest BCUT2D eigenvalue weighted by Gasteiger charge is -1.99. The Balaban J connectivity index is -0.0000000742. The van der Waals surface area contributed by atoms with Gasteiger partial charge in [0.25, 0.3) is 0 Å². The molecule has 21 nitrogen and oxygen atoms in total. The Kier molecular flexibility index (Phi) is 71.6. The van der Waals surface area contributed by atoms with Crippen LogP contribution in [0.4, 0.5) is 0 Å². The predicted octanol–water partition coefficient (Wildman–Crippen LogP) is 6.72. The Hall–Kier alpha value is -7.94. The second-order valence-electron chi connectivity index (χ2n) is 13.1. The van der Waals surface area contributed by atoms with Gasteiger partial charge in [0.1, 0.15) is 6.61 Å². The zero-order chi connectivity index (χ0) is 60.0. The fraction of sp³-hybridized carbons (Fsp3) is 0.412. The molecule has 0 aliphatic carbocycles. The number of aliphatic hydroxyl groups excluding tert-OH is 1. The first kappa shape index (κ1) is 87.2. The Labute approximate surface area is 427 Å². The lowest BCUT2D eigenvalue weighted by molar-refractivity contribution is -0.140. The zero-order valence-electron chi connectivity index (χ0n) is 46.1. The minimum absolute atomic E-state index is 0.0473. The molecule has 0 saturated carbocycles. The summed E-state index contributed by atoms with van der Waals surface area (Å²) < 4.78 is 42.9. The summed E-state index contributed by atoms with van der Waals surface area (Å²) in [5, 5.41) is 8.19. The van der Waals surface area contributed by atoms with E-state index in [0.717, 1.165) is 0 Å². The Morgan fingerprint density at radius 3 is 0.389 bits per heavy atom. The highest BCUT2D eigenvalue weighted by Crippen LogP contribution is 1.92. The van der Waals surface area contributed by atoms with Crippen molar-refractivity contribution in [3.05, 3.63) is 122 Å². The van der Waals surface area contributed by atoms with Gasteiger partial charge < -0.3 is 52.5 Å². The molecule has 0 aromatic heterocycles. The maximum Gasteiger partial charge on any atom is 0.333 e. The molecule has 0 amide bonds. The summed E-state index contributed by atoms with van der Waals surface area (Å²) in [7, 11) is 12.0. The van der Waals surface area contributed by atoms with Crippen LogP contribution in [0.3, 0.4) is 0 Å². The normalized spacial score (nSPS) is 7.83. The lowest BCUT2D eigenvalue weighted by atomic mass is 10.4. The molecule has 0 unspecified atom stereocenters. The molecule has 0 aliphatic rings. The van der Waals surface area contributed by atoms with Crippen molar-refractivity contribution >= 4 is 59.7 Å². The molecule has 0 heterocycles. The van der Waals surface area contributed by atoms with Gasteiger partial charge in [-0.05, 0) is 69.2 Å². The average molecular weight is 1030 g/mol. The van der Waals surface area contributed by atoms with Crippen LogP contribution in [0.15, 0.2) is 122 Å². The topological polar surface area (TPSA) is 283 Å². The molecule has 72 heavy (non-hydrogen) atoms. The van der Waals surface area contributed by atoms with E-state index in [-0.39, 0.29) is 66.9 Å². The van der Waals surface area contributed by atoms with Gasteiger partial charge in [-0.25, -0.2) is 47.9 Å². The molecule has 0 aromatic rings. The van der Waals surface area contributed by atoms with E-state index in [4.69, 9.17) is 5.11 Å².